The summed E-state index contributed by atoms with van der Waals surface area (Å²) in [5.41, 5.74) is 4.40. The number of carbonyl (C=O) groups excluding carboxylic acids is 1. The predicted molar refractivity (Wildman–Crippen MR) is 123 cm³/mol. The normalized spacial score (nSPS) is 16.9. The lowest BCUT2D eigenvalue weighted by molar-refractivity contribution is -0.126. The van der Waals surface area contributed by atoms with Crippen molar-refractivity contribution in [1.82, 2.24) is 15.2 Å². The Hall–Kier alpha value is -2.92. The molecule has 0 spiro atoms. The minimum Gasteiger partial charge on any atom is -0.441 e. The first-order chi connectivity index (χ1) is 15.1. The van der Waals surface area contributed by atoms with Gasteiger partial charge in [-0.1, -0.05) is 48.0 Å². The molecule has 2 aromatic carbocycles. The number of aryl methyl sites for hydroxylation is 2. The minimum absolute atomic E-state index is 0.0352. The third-order valence-corrected chi connectivity index (χ3v) is 5.96. The van der Waals surface area contributed by atoms with Crippen molar-refractivity contribution in [3.05, 3.63) is 77.2 Å². The Bertz CT molecular complexity index is 1010. The van der Waals surface area contributed by atoms with Gasteiger partial charge in [0.05, 0.1) is 11.6 Å². The molecule has 5 nitrogen and oxygen atoms in total. The van der Waals surface area contributed by atoms with Crippen molar-refractivity contribution in [3.63, 3.8) is 0 Å². The lowest BCUT2D eigenvalue weighted by atomic mass is 9.97. The quantitative estimate of drug-likeness (QED) is 0.614. The van der Waals surface area contributed by atoms with Crippen molar-refractivity contribution in [3.8, 4) is 11.5 Å². The molecule has 31 heavy (non-hydrogen) atoms. The molecule has 1 aliphatic heterocycles. The van der Waals surface area contributed by atoms with Crippen molar-refractivity contribution < 1.29 is 9.21 Å². The van der Waals surface area contributed by atoms with E-state index in [9.17, 15) is 4.79 Å². The SMILES string of the molecule is Cc1cccc(-c2nc(CN3CCCC(C(=O)NCCc4ccccc4)C3)c(C)o2)c1. The van der Waals surface area contributed by atoms with Gasteiger partial charge in [0.1, 0.15) is 5.76 Å². The van der Waals surface area contributed by atoms with Gasteiger partial charge in [0, 0.05) is 25.2 Å². The van der Waals surface area contributed by atoms with Gasteiger partial charge in [0.15, 0.2) is 0 Å². The van der Waals surface area contributed by atoms with Gasteiger partial charge in [-0.25, -0.2) is 4.98 Å². The van der Waals surface area contributed by atoms with Gasteiger partial charge in [0.2, 0.25) is 11.8 Å². The largest absolute Gasteiger partial charge is 0.441 e. The molecule has 2 heterocycles. The molecule has 4 rings (SSSR count). The van der Waals surface area contributed by atoms with E-state index in [0.717, 1.165) is 55.9 Å². The molecule has 5 heteroatoms. The average Bonchev–Trinajstić information content (AvgIpc) is 3.15. The van der Waals surface area contributed by atoms with Crippen LogP contribution in [0.5, 0.6) is 0 Å². The first-order valence-corrected chi connectivity index (χ1v) is 11.2. The number of rotatable bonds is 7. The summed E-state index contributed by atoms with van der Waals surface area (Å²) in [5.74, 6) is 1.72. The summed E-state index contributed by atoms with van der Waals surface area (Å²) in [7, 11) is 0. The number of nitrogens with zero attached hydrogens (tertiary/aromatic N) is 2. The second-order valence-electron chi connectivity index (χ2n) is 8.49. The zero-order chi connectivity index (χ0) is 21.6. The van der Waals surface area contributed by atoms with Crippen molar-refractivity contribution in [2.45, 2.75) is 39.7 Å². The van der Waals surface area contributed by atoms with E-state index in [4.69, 9.17) is 9.40 Å². The highest BCUT2D eigenvalue weighted by Gasteiger charge is 2.26. The van der Waals surface area contributed by atoms with E-state index < -0.39 is 0 Å². The molecular weight excluding hydrogens is 386 g/mol. The Labute approximate surface area is 184 Å². The summed E-state index contributed by atoms with van der Waals surface area (Å²) < 4.78 is 5.95. The van der Waals surface area contributed by atoms with E-state index >= 15 is 0 Å². The number of nitrogens with one attached hydrogen (secondary N) is 1. The molecule has 0 saturated carbocycles. The van der Waals surface area contributed by atoms with Crippen LogP contribution >= 0.6 is 0 Å². The molecule has 1 amide bonds. The Morgan fingerprint density at radius 2 is 2.00 bits per heavy atom. The highest BCUT2D eigenvalue weighted by atomic mass is 16.4. The predicted octanol–water partition coefficient (Wildman–Crippen LogP) is 4.53. The summed E-state index contributed by atoms with van der Waals surface area (Å²) >= 11 is 0. The molecule has 1 fully saturated rings. The van der Waals surface area contributed by atoms with Gasteiger partial charge in [0.25, 0.3) is 0 Å². The zero-order valence-electron chi connectivity index (χ0n) is 18.4. The average molecular weight is 418 g/mol. The number of benzene rings is 2. The molecule has 0 aliphatic carbocycles. The Balaban J connectivity index is 1.32. The maximum Gasteiger partial charge on any atom is 0.226 e. The number of aromatic nitrogens is 1. The highest BCUT2D eigenvalue weighted by Crippen LogP contribution is 2.25. The molecule has 3 aromatic rings. The van der Waals surface area contributed by atoms with E-state index in [1.54, 1.807) is 0 Å². The number of amides is 1. The van der Waals surface area contributed by atoms with Gasteiger partial charge >= 0.3 is 0 Å². The van der Waals surface area contributed by atoms with Crippen LogP contribution in [0.1, 0.15) is 35.4 Å². The van der Waals surface area contributed by atoms with Crippen LogP contribution in [0.15, 0.2) is 59.0 Å². The Kier molecular flexibility index (Phi) is 6.82. The van der Waals surface area contributed by atoms with Crippen molar-refractivity contribution in [2.75, 3.05) is 19.6 Å². The first-order valence-electron chi connectivity index (χ1n) is 11.2. The number of likely N-dealkylation sites (tertiary alicyclic amines) is 1. The van der Waals surface area contributed by atoms with Crippen LogP contribution in [0.4, 0.5) is 0 Å². The van der Waals surface area contributed by atoms with Crippen LogP contribution < -0.4 is 5.32 Å². The molecule has 0 radical (unpaired) electrons. The molecule has 1 saturated heterocycles. The van der Waals surface area contributed by atoms with Gasteiger partial charge in [-0.3, -0.25) is 9.69 Å². The van der Waals surface area contributed by atoms with E-state index in [1.165, 1.54) is 11.1 Å². The number of carbonyl (C=O) groups is 1. The van der Waals surface area contributed by atoms with Crippen LogP contribution in [0.3, 0.4) is 0 Å². The Morgan fingerprint density at radius 3 is 2.81 bits per heavy atom. The lowest BCUT2D eigenvalue weighted by Crippen LogP contribution is -2.43. The summed E-state index contributed by atoms with van der Waals surface area (Å²) in [6.45, 7) is 7.19. The number of piperidine rings is 1. The number of oxazole rings is 1. The second-order valence-corrected chi connectivity index (χ2v) is 8.49. The van der Waals surface area contributed by atoms with Crippen LogP contribution in [0.25, 0.3) is 11.5 Å². The Morgan fingerprint density at radius 1 is 1.16 bits per heavy atom. The van der Waals surface area contributed by atoms with E-state index in [0.29, 0.717) is 12.4 Å². The minimum atomic E-state index is 0.0352. The monoisotopic (exact) mass is 417 g/mol. The zero-order valence-corrected chi connectivity index (χ0v) is 18.4. The maximum atomic E-state index is 12.7. The van der Waals surface area contributed by atoms with Crippen LogP contribution in [0, 0.1) is 19.8 Å². The molecule has 1 unspecified atom stereocenters. The smallest absolute Gasteiger partial charge is 0.226 e. The van der Waals surface area contributed by atoms with Crippen LogP contribution in [-0.4, -0.2) is 35.4 Å². The van der Waals surface area contributed by atoms with Crippen molar-refractivity contribution in [1.29, 1.82) is 0 Å². The highest BCUT2D eigenvalue weighted by molar-refractivity contribution is 5.79. The fraction of sp³-hybridized carbons (Fsp3) is 0.385. The van der Waals surface area contributed by atoms with Crippen molar-refractivity contribution in [2.24, 2.45) is 5.92 Å². The van der Waals surface area contributed by atoms with Gasteiger partial charge < -0.3 is 9.73 Å². The molecule has 1 aromatic heterocycles. The van der Waals surface area contributed by atoms with E-state index in [-0.39, 0.29) is 11.8 Å². The third kappa shape index (κ3) is 5.61. The molecule has 162 valence electrons. The summed E-state index contributed by atoms with van der Waals surface area (Å²) in [4.78, 5) is 19.8. The lowest BCUT2D eigenvalue weighted by Gasteiger charge is -2.31. The standard InChI is InChI=1S/C26H31N3O2/c1-19-8-6-11-22(16-19)26-28-24(20(2)31-26)18-29-15-7-12-23(17-29)25(30)27-14-13-21-9-4-3-5-10-21/h3-6,8-11,16,23H,7,12-15,17-18H2,1-2H3,(H,27,30). The number of hydrogen-bond acceptors (Lipinski definition) is 4. The fourth-order valence-electron chi connectivity index (χ4n) is 4.22. The van der Waals surface area contributed by atoms with Gasteiger partial charge in [-0.2, -0.15) is 0 Å². The summed E-state index contributed by atoms with van der Waals surface area (Å²) in [6.07, 6.45) is 2.83. The molecule has 1 atom stereocenters. The number of hydrogen-bond donors (Lipinski definition) is 1. The molecule has 1 N–H and O–H groups in total. The molecular formula is C26H31N3O2. The third-order valence-electron chi connectivity index (χ3n) is 5.96. The van der Waals surface area contributed by atoms with Crippen molar-refractivity contribution >= 4 is 5.91 Å². The second kappa shape index (κ2) is 9.92. The van der Waals surface area contributed by atoms with Gasteiger partial charge in [-0.05, 0) is 57.4 Å². The van der Waals surface area contributed by atoms with Crippen LogP contribution in [-0.2, 0) is 17.8 Å². The van der Waals surface area contributed by atoms with Gasteiger partial charge in [-0.15, -0.1) is 0 Å². The van der Waals surface area contributed by atoms with Crippen LogP contribution in [0.2, 0.25) is 0 Å². The maximum absolute atomic E-state index is 12.7. The summed E-state index contributed by atoms with van der Waals surface area (Å²) in [6, 6.07) is 18.5. The molecule has 0 bridgehead atoms. The first kappa shape index (κ1) is 21.3. The fourth-order valence-corrected chi connectivity index (χ4v) is 4.22. The molecule has 1 aliphatic rings. The summed E-state index contributed by atoms with van der Waals surface area (Å²) in [5, 5.41) is 3.13. The topological polar surface area (TPSA) is 58.4 Å². The van der Waals surface area contributed by atoms with E-state index in [1.807, 2.05) is 37.3 Å². The van der Waals surface area contributed by atoms with E-state index in [2.05, 4.69) is 41.4 Å².